The van der Waals surface area contributed by atoms with Gasteiger partial charge in [0.1, 0.15) is 19.8 Å². The molecule has 0 radical (unpaired) electrons. The Morgan fingerprint density at radius 3 is 1.77 bits per heavy atom. The number of carbonyl (C=O) groups is 2. The van der Waals surface area contributed by atoms with E-state index in [4.69, 9.17) is 18.5 Å². The fraction of sp³-hybridized carbons (Fsp3) is 0.600. The van der Waals surface area contributed by atoms with E-state index in [0.29, 0.717) is 30.3 Å². The number of carbonyl (C=O) groups excluding carboxylic acids is 2. The Morgan fingerprint density at radius 1 is 0.623 bits per heavy atom. The summed E-state index contributed by atoms with van der Waals surface area (Å²) in [4.78, 5) is 37.5. The van der Waals surface area contributed by atoms with Crippen molar-refractivity contribution in [3.8, 4) is 0 Å². The standard InChI is InChI=1S/C50H82NO9P/c1-6-8-10-11-12-13-14-15-16-17-18-21-25-28-31-34-38-42-50(54)60-48(46-59-61(55,56)58-44-43-51(3,4)5)45-57-49(53)41-37-33-30-27-24-22-19-20-23-26-29-32-36-40-47(52)39-35-9-7-2/h9,12-13,15-16,18,20-24,29-30,32-33,35-36,40,47-48,52H,6-8,10-11,14,17,19,25-28,31,34,37-39,41-46H2,1-5H3/b13-12-,16-15-,21-18-,23-20-,24-22-,32-29+,33-30-,35-9-,40-36+/t47?,48-/m1/s1. The highest BCUT2D eigenvalue weighted by molar-refractivity contribution is 7.45. The Morgan fingerprint density at radius 2 is 1.18 bits per heavy atom. The molecule has 0 amide bonds. The van der Waals surface area contributed by atoms with Gasteiger partial charge in [-0.3, -0.25) is 14.2 Å². The number of unbranched alkanes of at least 4 members (excludes halogenated alkanes) is 7. The quantitative estimate of drug-likeness (QED) is 0.0160. The van der Waals surface area contributed by atoms with E-state index in [2.05, 4.69) is 74.6 Å². The van der Waals surface area contributed by atoms with Gasteiger partial charge in [-0.05, 0) is 83.5 Å². The predicted molar refractivity (Wildman–Crippen MR) is 251 cm³/mol. The molecular weight excluding hydrogens is 790 g/mol. The van der Waals surface area contributed by atoms with Crippen molar-refractivity contribution in [2.24, 2.45) is 0 Å². The lowest BCUT2D eigenvalue weighted by Crippen LogP contribution is -2.37. The minimum absolute atomic E-state index is 0.0598. The van der Waals surface area contributed by atoms with Crippen molar-refractivity contribution in [2.45, 2.75) is 148 Å². The number of esters is 2. The number of quaternary nitrogens is 1. The maximum absolute atomic E-state index is 12.7. The number of allylic oxidation sites excluding steroid dienone is 16. The molecule has 0 rings (SSSR count). The summed E-state index contributed by atoms with van der Waals surface area (Å²) < 4.78 is 33.8. The number of hydrogen-bond acceptors (Lipinski definition) is 9. The Kier molecular flexibility index (Phi) is 38.4. The number of aliphatic hydroxyl groups excluding tert-OH is 1. The first-order chi connectivity index (χ1) is 29.4. The third-order valence-electron chi connectivity index (χ3n) is 8.87. The van der Waals surface area contributed by atoms with Crippen molar-refractivity contribution in [1.82, 2.24) is 0 Å². The molecule has 0 saturated heterocycles. The average Bonchev–Trinajstić information content (AvgIpc) is 3.21. The number of nitrogens with zero attached hydrogens (tertiary/aromatic N) is 1. The number of ether oxygens (including phenoxy) is 2. The minimum Gasteiger partial charge on any atom is -0.756 e. The molecule has 61 heavy (non-hydrogen) atoms. The molecule has 0 saturated carbocycles. The van der Waals surface area contributed by atoms with Crippen LogP contribution >= 0.6 is 7.82 Å². The summed E-state index contributed by atoms with van der Waals surface area (Å²) in [5, 5.41) is 9.85. The van der Waals surface area contributed by atoms with Crippen molar-refractivity contribution < 1.29 is 47.2 Å². The van der Waals surface area contributed by atoms with Gasteiger partial charge in [-0.2, -0.15) is 0 Å². The summed E-state index contributed by atoms with van der Waals surface area (Å²) in [6.07, 6.45) is 51.7. The van der Waals surface area contributed by atoms with E-state index < -0.39 is 38.6 Å². The maximum atomic E-state index is 12.7. The summed E-state index contributed by atoms with van der Waals surface area (Å²) >= 11 is 0. The number of phosphoric acid groups is 1. The van der Waals surface area contributed by atoms with Crippen LogP contribution in [0.2, 0.25) is 0 Å². The van der Waals surface area contributed by atoms with Crippen LogP contribution in [0.1, 0.15) is 136 Å². The Labute approximate surface area is 370 Å². The SMILES string of the molecule is CC/C=C\CC(O)/C=C/C=C/C/C=C\C/C=C\C/C=C\CCC(=O)OC[C@H](COP(=O)([O-])OCC[N+](C)(C)C)OC(=O)CCCCCC/C=C\C/C=C\C/C=C\CCCCC. The molecule has 0 fully saturated rings. The zero-order chi connectivity index (χ0) is 45.1. The summed E-state index contributed by atoms with van der Waals surface area (Å²) in [5.74, 6) is -0.991. The predicted octanol–water partition coefficient (Wildman–Crippen LogP) is 11.5. The number of likely N-dealkylation sites (N-methyl/N-ethyl adjacent to an activating group) is 1. The van der Waals surface area contributed by atoms with Crippen molar-refractivity contribution in [3.63, 3.8) is 0 Å². The van der Waals surface area contributed by atoms with Crippen LogP contribution in [-0.2, 0) is 32.7 Å². The molecule has 0 aromatic heterocycles. The van der Waals surface area contributed by atoms with E-state index >= 15 is 0 Å². The number of aliphatic hydroxyl groups is 1. The number of hydrogen-bond donors (Lipinski definition) is 1. The highest BCUT2D eigenvalue weighted by Gasteiger charge is 2.21. The normalized spacial score (nSPS) is 15.1. The van der Waals surface area contributed by atoms with Gasteiger partial charge in [0.05, 0.1) is 33.9 Å². The molecule has 0 aliphatic carbocycles. The van der Waals surface area contributed by atoms with Gasteiger partial charge in [0.25, 0.3) is 7.82 Å². The Hall–Kier alpha value is -3.37. The second-order valence-electron chi connectivity index (χ2n) is 15.9. The summed E-state index contributed by atoms with van der Waals surface area (Å²) in [6.45, 7) is 3.83. The lowest BCUT2D eigenvalue weighted by molar-refractivity contribution is -0.870. The van der Waals surface area contributed by atoms with Crippen LogP contribution in [0.5, 0.6) is 0 Å². The smallest absolute Gasteiger partial charge is 0.306 e. The van der Waals surface area contributed by atoms with Crippen molar-refractivity contribution in [1.29, 1.82) is 0 Å². The lowest BCUT2D eigenvalue weighted by Gasteiger charge is -2.28. The van der Waals surface area contributed by atoms with Gasteiger partial charge in [-0.25, -0.2) is 0 Å². The van der Waals surface area contributed by atoms with Crippen LogP contribution in [0, 0.1) is 0 Å². The van der Waals surface area contributed by atoms with Crippen molar-refractivity contribution >= 4 is 19.8 Å². The molecule has 0 aromatic carbocycles. The zero-order valence-corrected chi connectivity index (χ0v) is 39.3. The molecule has 10 nitrogen and oxygen atoms in total. The van der Waals surface area contributed by atoms with Crippen LogP contribution in [0.25, 0.3) is 0 Å². The summed E-state index contributed by atoms with van der Waals surface area (Å²) in [5.41, 5.74) is 0. The van der Waals surface area contributed by atoms with Crippen LogP contribution in [0.15, 0.2) is 109 Å². The molecule has 11 heteroatoms. The van der Waals surface area contributed by atoms with Crippen LogP contribution in [-0.4, -0.2) is 81.2 Å². The van der Waals surface area contributed by atoms with Gasteiger partial charge in [0, 0.05) is 12.8 Å². The number of phosphoric ester groups is 1. The molecule has 3 atom stereocenters. The van der Waals surface area contributed by atoms with Gasteiger partial charge >= 0.3 is 11.9 Å². The monoisotopic (exact) mass is 872 g/mol. The molecule has 1 N–H and O–H groups in total. The van der Waals surface area contributed by atoms with E-state index in [1.807, 2.05) is 63.7 Å². The average molecular weight is 872 g/mol. The first-order valence-electron chi connectivity index (χ1n) is 22.7. The van der Waals surface area contributed by atoms with Gasteiger partial charge in [0.2, 0.25) is 0 Å². The van der Waals surface area contributed by atoms with Crippen molar-refractivity contribution in [3.05, 3.63) is 109 Å². The Balaban J connectivity index is 4.57. The molecule has 0 bridgehead atoms. The highest BCUT2D eigenvalue weighted by Crippen LogP contribution is 2.38. The van der Waals surface area contributed by atoms with E-state index in [9.17, 15) is 24.2 Å². The van der Waals surface area contributed by atoms with E-state index in [0.717, 1.165) is 64.2 Å². The zero-order valence-electron chi connectivity index (χ0n) is 38.4. The van der Waals surface area contributed by atoms with Crippen LogP contribution in [0.3, 0.4) is 0 Å². The first-order valence-corrected chi connectivity index (χ1v) is 24.2. The number of rotatable bonds is 39. The molecule has 0 heterocycles. The molecule has 2 unspecified atom stereocenters. The third kappa shape index (κ3) is 44.5. The van der Waals surface area contributed by atoms with Crippen LogP contribution in [0.4, 0.5) is 0 Å². The highest BCUT2D eigenvalue weighted by atomic mass is 31.2. The summed E-state index contributed by atoms with van der Waals surface area (Å²) in [7, 11) is 1.07. The fourth-order valence-electron chi connectivity index (χ4n) is 5.30. The molecule has 0 aliphatic rings. The van der Waals surface area contributed by atoms with Gasteiger partial charge in [0.15, 0.2) is 6.10 Å². The van der Waals surface area contributed by atoms with E-state index in [1.165, 1.54) is 25.7 Å². The van der Waals surface area contributed by atoms with E-state index in [-0.39, 0.29) is 26.1 Å². The first kappa shape index (κ1) is 57.6. The fourth-order valence-corrected chi connectivity index (χ4v) is 6.03. The van der Waals surface area contributed by atoms with Gasteiger partial charge in [-0.1, -0.05) is 149 Å². The second-order valence-corrected chi connectivity index (χ2v) is 17.3. The second kappa shape index (κ2) is 40.7. The van der Waals surface area contributed by atoms with Crippen LogP contribution < -0.4 is 4.89 Å². The third-order valence-corrected chi connectivity index (χ3v) is 9.83. The molecular formula is C50H82NO9P. The van der Waals surface area contributed by atoms with Crippen molar-refractivity contribution in [2.75, 3.05) is 47.5 Å². The molecule has 0 aromatic rings. The lowest BCUT2D eigenvalue weighted by atomic mass is 10.1. The minimum atomic E-state index is -4.67. The molecule has 0 aliphatic heterocycles. The van der Waals surface area contributed by atoms with Gasteiger partial charge < -0.3 is 33.0 Å². The topological polar surface area (TPSA) is 131 Å². The molecule has 346 valence electrons. The molecule has 0 spiro atoms. The summed E-state index contributed by atoms with van der Waals surface area (Å²) in [6, 6.07) is 0. The Bertz CT molecular complexity index is 1420. The van der Waals surface area contributed by atoms with Gasteiger partial charge in [-0.15, -0.1) is 0 Å². The maximum Gasteiger partial charge on any atom is 0.306 e. The largest absolute Gasteiger partial charge is 0.756 e. The van der Waals surface area contributed by atoms with E-state index in [1.54, 1.807) is 6.08 Å².